The van der Waals surface area contributed by atoms with Crippen LogP contribution in [0.25, 0.3) is 0 Å². The average molecular weight is 220 g/mol. The molecule has 16 heavy (non-hydrogen) atoms. The third-order valence-corrected chi connectivity index (χ3v) is 2.27. The van der Waals surface area contributed by atoms with Crippen molar-refractivity contribution < 1.29 is 5.21 Å². The molecule has 0 amide bonds. The van der Waals surface area contributed by atoms with Crippen LogP contribution in [-0.2, 0) is 12.8 Å². The summed E-state index contributed by atoms with van der Waals surface area (Å²) in [6, 6.07) is 8.26. The molecule has 3 nitrogen and oxygen atoms in total. The maximum absolute atomic E-state index is 8.47. The van der Waals surface area contributed by atoms with Crippen LogP contribution < -0.4 is 5.73 Å². The molecule has 1 aromatic carbocycles. The molecule has 0 saturated heterocycles. The van der Waals surface area contributed by atoms with Crippen molar-refractivity contribution in [2.24, 2.45) is 16.3 Å². The minimum atomic E-state index is 0.239. The lowest BCUT2D eigenvalue weighted by atomic mass is 9.88. The first-order valence-electron chi connectivity index (χ1n) is 5.45. The van der Waals surface area contributed by atoms with Crippen LogP contribution >= 0.6 is 0 Å². The Morgan fingerprint density at radius 2 is 1.69 bits per heavy atom. The van der Waals surface area contributed by atoms with E-state index < -0.39 is 0 Å². The van der Waals surface area contributed by atoms with Crippen molar-refractivity contribution in [1.82, 2.24) is 0 Å². The zero-order valence-electron chi connectivity index (χ0n) is 10.2. The van der Waals surface area contributed by atoms with Crippen molar-refractivity contribution >= 4 is 5.84 Å². The fourth-order valence-corrected chi connectivity index (χ4v) is 1.63. The normalized spacial score (nSPS) is 12.8. The van der Waals surface area contributed by atoms with E-state index in [1.165, 1.54) is 5.56 Å². The van der Waals surface area contributed by atoms with Crippen LogP contribution in [0.15, 0.2) is 29.4 Å². The number of oxime groups is 1. The first kappa shape index (κ1) is 12.6. The molecule has 3 N–H and O–H groups in total. The molecule has 0 spiro atoms. The van der Waals surface area contributed by atoms with Gasteiger partial charge < -0.3 is 10.9 Å². The number of hydrogen-bond acceptors (Lipinski definition) is 2. The summed E-state index contributed by atoms with van der Waals surface area (Å²) in [6.45, 7) is 6.66. The molecule has 1 aromatic rings. The van der Waals surface area contributed by atoms with Gasteiger partial charge in [-0.15, -0.1) is 0 Å². The van der Waals surface area contributed by atoms with Gasteiger partial charge in [0.25, 0.3) is 0 Å². The zero-order valence-corrected chi connectivity index (χ0v) is 10.2. The predicted molar refractivity (Wildman–Crippen MR) is 66.7 cm³/mol. The highest BCUT2D eigenvalue weighted by atomic mass is 16.4. The van der Waals surface area contributed by atoms with Crippen LogP contribution in [0.5, 0.6) is 0 Å². The maximum Gasteiger partial charge on any atom is 0.143 e. The summed E-state index contributed by atoms with van der Waals surface area (Å²) < 4.78 is 0. The first-order chi connectivity index (χ1) is 7.40. The van der Waals surface area contributed by atoms with Gasteiger partial charge >= 0.3 is 0 Å². The van der Waals surface area contributed by atoms with Crippen LogP contribution in [0, 0.1) is 5.41 Å². The molecule has 1 rings (SSSR count). The van der Waals surface area contributed by atoms with Crippen molar-refractivity contribution in [2.75, 3.05) is 0 Å². The van der Waals surface area contributed by atoms with Crippen LogP contribution in [0.3, 0.4) is 0 Å². The fourth-order valence-electron chi connectivity index (χ4n) is 1.63. The molecule has 88 valence electrons. The summed E-state index contributed by atoms with van der Waals surface area (Å²) in [6.07, 6.45) is 1.54. The minimum absolute atomic E-state index is 0.239. The van der Waals surface area contributed by atoms with Gasteiger partial charge in [-0.05, 0) is 23.0 Å². The van der Waals surface area contributed by atoms with E-state index >= 15 is 0 Å². The topological polar surface area (TPSA) is 58.6 Å². The largest absolute Gasteiger partial charge is 0.409 e. The van der Waals surface area contributed by atoms with Gasteiger partial charge in [-0.1, -0.05) is 50.2 Å². The lowest BCUT2D eigenvalue weighted by Crippen LogP contribution is -2.14. The molecule has 0 bridgehead atoms. The van der Waals surface area contributed by atoms with Gasteiger partial charge in [-0.2, -0.15) is 0 Å². The van der Waals surface area contributed by atoms with Gasteiger partial charge in [-0.3, -0.25) is 0 Å². The molecular formula is C13H20N2O. The van der Waals surface area contributed by atoms with Crippen molar-refractivity contribution in [3.63, 3.8) is 0 Å². The Labute approximate surface area is 97.0 Å². The van der Waals surface area contributed by atoms with E-state index in [0.29, 0.717) is 11.8 Å². The molecule has 0 unspecified atom stereocenters. The molecule has 0 saturated carbocycles. The zero-order chi connectivity index (χ0) is 12.2. The molecule has 0 radical (unpaired) electrons. The Morgan fingerprint density at radius 3 is 2.12 bits per heavy atom. The quantitative estimate of drug-likeness (QED) is 0.356. The Hall–Kier alpha value is -1.51. The molecule has 0 atom stereocenters. The van der Waals surface area contributed by atoms with Gasteiger partial charge in [0.2, 0.25) is 0 Å². The summed E-state index contributed by atoms with van der Waals surface area (Å²) >= 11 is 0. The highest BCUT2D eigenvalue weighted by Gasteiger charge is 2.10. The molecular weight excluding hydrogens is 200 g/mol. The van der Waals surface area contributed by atoms with Gasteiger partial charge in [0.15, 0.2) is 0 Å². The highest BCUT2D eigenvalue weighted by molar-refractivity contribution is 5.81. The summed E-state index contributed by atoms with van der Waals surface area (Å²) in [7, 11) is 0. The van der Waals surface area contributed by atoms with E-state index in [-0.39, 0.29) is 5.84 Å². The van der Waals surface area contributed by atoms with Gasteiger partial charge in [-0.25, -0.2) is 0 Å². The second-order valence-electron chi connectivity index (χ2n) is 5.32. The maximum atomic E-state index is 8.47. The van der Waals surface area contributed by atoms with Crippen LogP contribution in [0.2, 0.25) is 0 Å². The third kappa shape index (κ3) is 4.34. The molecule has 0 aliphatic heterocycles. The van der Waals surface area contributed by atoms with Gasteiger partial charge in [0, 0.05) is 6.42 Å². The summed E-state index contributed by atoms with van der Waals surface area (Å²) in [4.78, 5) is 0. The van der Waals surface area contributed by atoms with E-state index in [9.17, 15) is 0 Å². The highest BCUT2D eigenvalue weighted by Crippen LogP contribution is 2.20. The first-order valence-corrected chi connectivity index (χ1v) is 5.45. The lowest BCUT2D eigenvalue weighted by Gasteiger charge is -2.18. The van der Waals surface area contributed by atoms with Crippen LogP contribution in [0.1, 0.15) is 31.9 Å². The number of amidine groups is 1. The van der Waals surface area contributed by atoms with E-state index in [1.807, 2.05) is 12.1 Å². The predicted octanol–water partition coefficient (Wildman–Crippen LogP) is 2.56. The molecule has 0 heterocycles. The third-order valence-electron chi connectivity index (χ3n) is 2.27. The van der Waals surface area contributed by atoms with Crippen LogP contribution in [0.4, 0.5) is 0 Å². The van der Waals surface area contributed by atoms with E-state index in [4.69, 9.17) is 10.9 Å². The number of nitrogens with zero attached hydrogens (tertiary/aromatic N) is 1. The molecule has 3 heteroatoms. The standard InChI is InChI=1S/C13H20N2O/c1-13(2,3)9-11-6-4-10(5-7-11)8-12(14)15-16/h4-7,16H,8-9H2,1-3H3,(H2,14,15). The van der Waals surface area contributed by atoms with Crippen molar-refractivity contribution in [3.05, 3.63) is 35.4 Å². The smallest absolute Gasteiger partial charge is 0.143 e. The average Bonchev–Trinajstić information content (AvgIpc) is 2.18. The van der Waals surface area contributed by atoms with E-state index in [0.717, 1.165) is 12.0 Å². The monoisotopic (exact) mass is 220 g/mol. The lowest BCUT2D eigenvalue weighted by molar-refractivity contribution is 0.317. The molecule has 0 aliphatic carbocycles. The Bertz CT molecular complexity index is 361. The van der Waals surface area contributed by atoms with Crippen molar-refractivity contribution in [2.45, 2.75) is 33.6 Å². The second-order valence-corrected chi connectivity index (χ2v) is 5.32. The number of rotatable bonds is 3. The van der Waals surface area contributed by atoms with Gasteiger partial charge in [0.1, 0.15) is 5.84 Å². The summed E-state index contributed by atoms with van der Waals surface area (Å²) in [5.74, 6) is 0.239. The Morgan fingerprint density at radius 1 is 1.19 bits per heavy atom. The summed E-state index contributed by atoms with van der Waals surface area (Å²) in [5, 5.41) is 11.4. The van der Waals surface area contributed by atoms with Crippen molar-refractivity contribution in [3.8, 4) is 0 Å². The summed E-state index contributed by atoms with van der Waals surface area (Å²) in [5.41, 5.74) is 8.12. The number of hydrogen-bond donors (Lipinski definition) is 2. The fraction of sp³-hybridized carbons (Fsp3) is 0.462. The van der Waals surface area contributed by atoms with Crippen molar-refractivity contribution in [1.29, 1.82) is 0 Å². The molecule has 0 aliphatic rings. The molecule has 0 aromatic heterocycles. The second kappa shape index (κ2) is 5.01. The Kier molecular flexibility index (Phi) is 3.93. The van der Waals surface area contributed by atoms with E-state index in [2.05, 4.69) is 38.1 Å². The molecule has 0 fully saturated rings. The van der Waals surface area contributed by atoms with Crippen LogP contribution in [-0.4, -0.2) is 11.0 Å². The van der Waals surface area contributed by atoms with Gasteiger partial charge in [0.05, 0.1) is 0 Å². The minimum Gasteiger partial charge on any atom is -0.409 e. The number of nitrogens with two attached hydrogens (primary N) is 1. The SMILES string of the molecule is CC(C)(C)Cc1ccc(C/C(N)=N/O)cc1. The van der Waals surface area contributed by atoms with E-state index in [1.54, 1.807) is 0 Å². The number of benzene rings is 1. The Balaban J connectivity index is 2.68.